The van der Waals surface area contributed by atoms with Crippen LogP contribution in [0.15, 0.2) is 48.5 Å². The van der Waals surface area contributed by atoms with Crippen molar-refractivity contribution in [2.45, 2.75) is 25.9 Å². The van der Waals surface area contributed by atoms with Crippen molar-refractivity contribution in [2.75, 3.05) is 18.4 Å². The third-order valence-electron chi connectivity index (χ3n) is 4.82. The maximum atomic E-state index is 13.1. The van der Waals surface area contributed by atoms with Gasteiger partial charge in [0.2, 0.25) is 0 Å². The van der Waals surface area contributed by atoms with Gasteiger partial charge in [0.25, 0.3) is 11.8 Å². The highest BCUT2D eigenvalue weighted by atomic mass is 19.4. The van der Waals surface area contributed by atoms with Crippen molar-refractivity contribution >= 4 is 17.5 Å². The molecular weight excluding hydrogens is 369 g/mol. The number of para-hydroxylation sites is 1. The second kappa shape index (κ2) is 8.04. The van der Waals surface area contributed by atoms with Gasteiger partial charge in [-0.15, -0.1) is 0 Å². The molecule has 4 nitrogen and oxygen atoms in total. The maximum absolute atomic E-state index is 13.1. The highest BCUT2D eigenvalue weighted by Crippen LogP contribution is 2.34. The number of likely N-dealkylation sites (tertiary alicyclic amines) is 1. The van der Waals surface area contributed by atoms with Gasteiger partial charge in [-0.3, -0.25) is 9.59 Å². The molecule has 1 aliphatic rings. The first kappa shape index (κ1) is 19.9. The zero-order valence-electron chi connectivity index (χ0n) is 15.4. The molecule has 2 aromatic carbocycles. The van der Waals surface area contributed by atoms with Gasteiger partial charge in [-0.05, 0) is 55.2 Å². The van der Waals surface area contributed by atoms with Gasteiger partial charge in [-0.2, -0.15) is 13.2 Å². The smallest absolute Gasteiger partial charge is 0.338 e. The third-order valence-corrected chi connectivity index (χ3v) is 4.82. The van der Waals surface area contributed by atoms with Crippen LogP contribution in [0.25, 0.3) is 0 Å². The van der Waals surface area contributed by atoms with Gasteiger partial charge in [-0.1, -0.05) is 19.1 Å². The number of piperidine rings is 1. The van der Waals surface area contributed by atoms with Crippen LogP contribution in [-0.4, -0.2) is 29.8 Å². The molecule has 0 bridgehead atoms. The fourth-order valence-corrected chi connectivity index (χ4v) is 3.35. The second-order valence-corrected chi connectivity index (χ2v) is 7.07. The number of carbonyl (C=O) groups excluding carboxylic acids is 2. The van der Waals surface area contributed by atoms with Crippen molar-refractivity contribution in [1.29, 1.82) is 0 Å². The largest absolute Gasteiger partial charge is 0.418 e. The fourth-order valence-electron chi connectivity index (χ4n) is 3.35. The van der Waals surface area contributed by atoms with Gasteiger partial charge in [0.05, 0.1) is 11.3 Å². The van der Waals surface area contributed by atoms with E-state index < -0.39 is 17.6 Å². The molecule has 1 saturated heterocycles. The van der Waals surface area contributed by atoms with Crippen LogP contribution in [0.3, 0.4) is 0 Å². The fraction of sp³-hybridized carbons (Fsp3) is 0.333. The summed E-state index contributed by atoms with van der Waals surface area (Å²) >= 11 is 0. The second-order valence-electron chi connectivity index (χ2n) is 7.07. The summed E-state index contributed by atoms with van der Waals surface area (Å²) in [6, 6.07) is 10.8. The minimum absolute atomic E-state index is 0.0964. The number of alkyl halides is 3. The molecule has 1 heterocycles. The average Bonchev–Trinajstić information content (AvgIpc) is 2.67. The Morgan fingerprint density at radius 1 is 1.04 bits per heavy atom. The van der Waals surface area contributed by atoms with E-state index >= 15 is 0 Å². The van der Waals surface area contributed by atoms with Gasteiger partial charge in [-0.25, -0.2) is 0 Å². The number of hydrogen-bond acceptors (Lipinski definition) is 2. The standard InChI is InChI=1S/C21H21F3N2O2/c1-14-5-4-12-26(13-14)20(28)16-10-8-15(9-11-16)19(27)25-18-7-3-2-6-17(18)21(22,23)24/h2-3,6-11,14H,4-5,12-13H2,1H3,(H,25,27). The number of halogens is 3. The van der Waals surface area contributed by atoms with E-state index in [4.69, 9.17) is 0 Å². The number of hydrogen-bond donors (Lipinski definition) is 1. The number of carbonyl (C=O) groups is 2. The van der Waals surface area contributed by atoms with Gasteiger partial charge in [0.15, 0.2) is 0 Å². The topological polar surface area (TPSA) is 49.4 Å². The lowest BCUT2D eigenvalue weighted by atomic mass is 9.99. The minimum Gasteiger partial charge on any atom is -0.338 e. The van der Waals surface area contributed by atoms with Crippen LogP contribution < -0.4 is 5.32 Å². The van der Waals surface area contributed by atoms with E-state index in [1.165, 1.54) is 42.5 Å². The van der Waals surface area contributed by atoms with Gasteiger partial charge < -0.3 is 10.2 Å². The molecule has 0 spiro atoms. The predicted octanol–water partition coefficient (Wildman–Crippen LogP) is 4.83. The average molecular weight is 390 g/mol. The minimum atomic E-state index is -4.56. The monoisotopic (exact) mass is 390 g/mol. The molecule has 1 atom stereocenters. The predicted molar refractivity (Wildman–Crippen MR) is 100 cm³/mol. The van der Waals surface area contributed by atoms with E-state index in [0.29, 0.717) is 24.6 Å². The van der Waals surface area contributed by atoms with Crippen molar-refractivity contribution < 1.29 is 22.8 Å². The molecule has 0 aliphatic carbocycles. The van der Waals surface area contributed by atoms with Crippen LogP contribution in [0.4, 0.5) is 18.9 Å². The number of benzene rings is 2. The number of amides is 2. The Bertz CT molecular complexity index is 863. The molecule has 0 saturated carbocycles. The Hall–Kier alpha value is -2.83. The van der Waals surface area contributed by atoms with E-state index in [9.17, 15) is 22.8 Å². The maximum Gasteiger partial charge on any atom is 0.418 e. The van der Waals surface area contributed by atoms with Crippen molar-refractivity contribution in [3.8, 4) is 0 Å². The number of anilines is 1. The molecule has 1 aliphatic heterocycles. The lowest BCUT2D eigenvalue weighted by Gasteiger charge is -2.31. The number of nitrogens with one attached hydrogen (secondary N) is 1. The Kier molecular flexibility index (Phi) is 5.72. The highest BCUT2D eigenvalue weighted by Gasteiger charge is 2.33. The van der Waals surface area contributed by atoms with E-state index in [0.717, 1.165) is 18.9 Å². The molecule has 0 aromatic heterocycles. The van der Waals surface area contributed by atoms with Crippen LogP contribution in [0.2, 0.25) is 0 Å². The van der Waals surface area contributed by atoms with Gasteiger partial charge in [0, 0.05) is 24.2 Å². The van der Waals surface area contributed by atoms with Crippen LogP contribution in [0, 0.1) is 5.92 Å². The van der Waals surface area contributed by atoms with E-state index in [-0.39, 0.29) is 17.2 Å². The van der Waals surface area contributed by atoms with Crippen molar-refractivity contribution in [3.05, 3.63) is 65.2 Å². The SMILES string of the molecule is CC1CCCN(C(=O)c2ccc(C(=O)Nc3ccccc3C(F)(F)F)cc2)C1. The van der Waals surface area contributed by atoms with Crippen molar-refractivity contribution in [1.82, 2.24) is 4.90 Å². The molecular formula is C21H21F3N2O2. The normalized spacial score (nSPS) is 17.3. The summed E-state index contributed by atoms with van der Waals surface area (Å²) in [6.07, 6.45) is -2.50. The third kappa shape index (κ3) is 4.52. The van der Waals surface area contributed by atoms with Crippen LogP contribution >= 0.6 is 0 Å². The van der Waals surface area contributed by atoms with Crippen LogP contribution in [0.1, 0.15) is 46.0 Å². The van der Waals surface area contributed by atoms with E-state index in [1.54, 1.807) is 4.90 Å². The molecule has 1 N–H and O–H groups in total. The zero-order valence-corrected chi connectivity index (χ0v) is 15.4. The summed E-state index contributed by atoms with van der Waals surface area (Å²) in [6.45, 7) is 3.51. The molecule has 1 unspecified atom stereocenters. The quantitative estimate of drug-likeness (QED) is 0.816. The zero-order chi connectivity index (χ0) is 20.3. The Morgan fingerprint density at radius 2 is 1.68 bits per heavy atom. The lowest BCUT2D eigenvalue weighted by molar-refractivity contribution is -0.136. The molecule has 28 heavy (non-hydrogen) atoms. The van der Waals surface area contributed by atoms with Gasteiger partial charge >= 0.3 is 6.18 Å². The molecule has 7 heteroatoms. The Morgan fingerprint density at radius 3 is 2.32 bits per heavy atom. The highest BCUT2D eigenvalue weighted by molar-refractivity contribution is 6.05. The molecule has 1 fully saturated rings. The molecule has 2 aromatic rings. The van der Waals surface area contributed by atoms with Crippen LogP contribution in [0.5, 0.6) is 0 Å². The summed E-state index contributed by atoms with van der Waals surface area (Å²) in [7, 11) is 0. The summed E-state index contributed by atoms with van der Waals surface area (Å²) in [5.41, 5.74) is -0.571. The first-order valence-electron chi connectivity index (χ1n) is 9.12. The van der Waals surface area contributed by atoms with E-state index in [1.807, 2.05) is 0 Å². The summed E-state index contributed by atoms with van der Waals surface area (Å²) in [4.78, 5) is 26.7. The van der Waals surface area contributed by atoms with Crippen LogP contribution in [-0.2, 0) is 6.18 Å². The first-order valence-corrected chi connectivity index (χ1v) is 9.12. The molecule has 0 radical (unpaired) electrons. The number of nitrogens with zero attached hydrogens (tertiary/aromatic N) is 1. The Labute approximate surface area is 161 Å². The van der Waals surface area contributed by atoms with Crippen molar-refractivity contribution in [2.24, 2.45) is 5.92 Å². The van der Waals surface area contributed by atoms with E-state index in [2.05, 4.69) is 12.2 Å². The summed E-state index contributed by atoms with van der Waals surface area (Å²) in [5.74, 6) is -0.306. The summed E-state index contributed by atoms with van der Waals surface area (Å²) in [5, 5.41) is 2.30. The lowest BCUT2D eigenvalue weighted by Crippen LogP contribution is -2.39. The number of rotatable bonds is 3. The molecule has 148 valence electrons. The van der Waals surface area contributed by atoms with Crippen molar-refractivity contribution in [3.63, 3.8) is 0 Å². The molecule has 2 amide bonds. The Balaban J connectivity index is 1.72. The van der Waals surface area contributed by atoms with Gasteiger partial charge in [0.1, 0.15) is 0 Å². The first-order chi connectivity index (χ1) is 13.3. The molecule has 3 rings (SSSR count). The summed E-state index contributed by atoms with van der Waals surface area (Å²) < 4.78 is 39.2.